The molecule has 0 radical (unpaired) electrons. The molecule has 0 saturated heterocycles. The Bertz CT molecular complexity index is 483. The number of carbonyl (C=O) groups is 2. The zero-order valence-electron chi connectivity index (χ0n) is 13.1. The molecule has 1 rings (SSSR count). The Morgan fingerprint density at radius 1 is 1.19 bits per heavy atom. The Morgan fingerprint density at radius 3 is 2.19 bits per heavy atom. The lowest BCUT2D eigenvalue weighted by Gasteiger charge is -2.27. The van der Waals surface area contributed by atoms with E-state index in [1.807, 2.05) is 38.1 Å². The summed E-state index contributed by atoms with van der Waals surface area (Å²) in [6, 6.07) is 7.09. The largest absolute Gasteiger partial charge is 0.480 e. The number of carboxylic acids is 1. The van der Waals surface area contributed by atoms with E-state index in [4.69, 9.17) is 5.11 Å². The number of amides is 2. The van der Waals surface area contributed by atoms with Crippen molar-refractivity contribution in [2.45, 2.75) is 46.1 Å². The topological polar surface area (TPSA) is 69.6 Å². The SMILES string of the molecule is CCC(C)N(CC(=O)O)C(=O)Nc1ccc(C(C)C)cc1. The van der Waals surface area contributed by atoms with Gasteiger partial charge in [0.15, 0.2) is 0 Å². The molecule has 1 atom stereocenters. The Hall–Kier alpha value is -2.04. The smallest absolute Gasteiger partial charge is 0.323 e. The number of rotatable bonds is 6. The molecule has 1 unspecified atom stereocenters. The summed E-state index contributed by atoms with van der Waals surface area (Å²) in [6.07, 6.45) is 0.701. The van der Waals surface area contributed by atoms with Crippen LogP contribution < -0.4 is 5.32 Å². The van der Waals surface area contributed by atoms with E-state index in [0.717, 1.165) is 0 Å². The molecule has 116 valence electrons. The Kier molecular flexibility index (Phi) is 6.21. The van der Waals surface area contributed by atoms with Crippen molar-refractivity contribution in [3.05, 3.63) is 29.8 Å². The van der Waals surface area contributed by atoms with Crippen molar-refractivity contribution in [3.8, 4) is 0 Å². The van der Waals surface area contributed by atoms with Gasteiger partial charge in [0.05, 0.1) is 0 Å². The average molecular weight is 292 g/mol. The average Bonchev–Trinajstić information content (AvgIpc) is 2.44. The summed E-state index contributed by atoms with van der Waals surface area (Å²) >= 11 is 0. The van der Waals surface area contributed by atoms with Crippen LogP contribution in [-0.4, -0.2) is 34.6 Å². The van der Waals surface area contributed by atoms with Crippen LogP contribution in [0.25, 0.3) is 0 Å². The molecule has 21 heavy (non-hydrogen) atoms. The molecular weight excluding hydrogens is 268 g/mol. The van der Waals surface area contributed by atoms with E-state index in [1.54, 1.807) is 0 Å². The molecule has 2 N–H and O–H groups in total. The molecule has 0 fully saturated rings. The minimum atomic E-state index is -1.01. The van der Waals surface area contributed by atoms with E-state index in [1.165, 1.54) is 10.5 Å². The minimum Gasteiger partial charge on any atom is -0.480 e. The number of hydrogen-bond acceptors (Lipinski definition) is 2. The molecule has 0 heterocycles. The van der Waals surface area contributed by atoms with Gasteiger partial charge in [0.1, 0.15) is 6.54 Å². The summed E-state index contributed by atoms with van der Waals surface area (Å²) in [4.78, 5) is 24.4. The molecule has 5 heteroatoms. The lowest BCUT2D eigenvalue weighted by atomic mass is 10.0. The zero-order chi connectivity index (χ0) is 16.0. The number of urea groups is 1. The maximum absolute atomic E-state index is 12.2. The lowest BCUT2D eigenvalue weighted by molar-refractivity contribution is -0.138. The van der Waals surface area contributed by atoms with Gasteiger partial charge in [-0.1, -0.05) is 32.9 Å². The molecule has 0 aromatic heterocycles. The maximum Gasteiger partial charge on any atom is 0.323 e. The molecule has 0 aliphatic rings. The highest BCUT2D eigenvalue weighted by molar-refractivity contribution is 5.91. The van der Waals surface area contributed by atoms with Gasteiger partial charge in [0.25, 0.3) is 0 Å². The van der Waals surface area contributed by atoms with Crippen LogP contribution >= 0.6 is 0 Å². The molecule has 2 amide bonds. The molecular formula is C16H24N2O3. The van der Waals surface area contributed by atoms with Crippen LogP contribution in [0.3, 0.4) is 0 Å². The summed E-state index contributed by atoms with van der Waals surface area (Å²) in [5, 5.41) is 11.7. The molecule has 1 aromatic rings. The number of carboxylic acid groups (broad SMARTS) is 1. The highest BCUT2D eigenvalue weighted by Crippen LogP contribution is 2.17. The van der Waals surface area contributed by atoms with Crippen molar-refractivity contribution in [2.24, 2.45) is 0 Å². The van der Waals surface area contributed by atoms with Crippen LogP contribution in [-0.2, 0) is 4.79 Å². The van der Waals surface area contributed by atoms with Crippen molar-refractivity contribution in [2.75, 3.05) is 11.9 Å². The summed E-state index contributed by atoms with van der Waals surface area (Å²) < 4.78 is 0. The fourth-order valence-electron chi connectivity index (χ4n) is 1.94. The van der Waals surface area contributed by atoms with Crippen LogP contribution in [0.1, 0.15) is 45.6 Å². The molecule has 1 aromatic carbocycles. The lowest BCUT2D eigenvalue weighted by Crippen LogP contribution is -2.44. The van der Waals surface area contributed by atoms with Crippen molar-refractivity contribution in [3.63, 3.8) is 0 Å². The minimum absolute atomic E-state index is 0.129. The first-order valence-electron chi connectivity index (χ1n) is 7.24. The van der Waals surface area contributed by atoms with Gasteiger partial charge in [-0.2, -0.15) is 0 Å². The van der Waals surface area contributed by atoms with Crippen LogP contribution in [0.4, 0.5) is 10.5 Å². The van der Waals surface area contributed by atoms with Crippen LogP contribution in [0.15, 0.2) is 24.3 Å². The van der Waals surface area contributed by atoms with Gasteiger partial charge in [-0.05, 0) is 37.0 Å². The van der Waals surface area contributed by atoms with Crippen LogP contribution in [0, 0.1) is 0 Å². The zero-order valence-corrected chi connectivity index (χ0v) is 13.1. The first-order chi connectivity index (χ1) is 9.85. The Labute approximate surface area is 126 Å². The fourth-order valence-corrected chi connectivity index (χ4v) is 1.94. The molecule has 5 nitrogen and oxygen atoms in total. The first kappa shape index (κ1) is 17.0. The quantitative estimate of drug-likeness (QED) is 0.842. The van der Waals surface area contributed by atoms with E-state index in [9.17, 15) is 9.59 Å². The number of nitrogens with one attached hydrogen (secondary N) is 1. The molecule has 0 aliphatic carbocycles. The number of anilines is 1. The van der Waals surface area contributed by atoms with Crippen molar-refractivity contribution in [1.29, 1.82) is 0 Å². The second-order valence-corrected chi connectivity index (χ2v) is 5.49. The highest BCUT2D eigenvalue weighted by Gasteiger charge is 2.21. The number of aliphatic carboxylic acids is 1. The molecule has 0 aliphatic heterocycles. The van der Waals surface area contributed by atoms with Crippen molar-refractivity contribution >= 4 is 17.7 Å². The third-order valence-electron chi connectivity index (χ3n) is 3.52. The number of nitrogens with zero attached hydrogens (tertiary/aromatic N) is 1. The van der Waals surface area contributed by atoms with Gasteiger partial charge in [-0.25, -0.2) is 4.79 Å². The van der Waals surface area contributed by atoms with Crippen molar-refractivity contribution < 1.29 is 14.7 Å². The van der Waals surface area contributed by atoms with Gasteiger partial charge >= 0.3 is 12.0 Å². The summed E-state index contributed by atoms with van der Waals surface area (Å²) in [6.45, 7) is 7.66. The van der Waals surface area contributed by atoms with E-state index in [0.29, 0.717) is 18.0 Å². The van der Waals surface area contributed by atoms with E-state index < -0.39 is 5.97 Å². The van der Waals surface area contributed by atoms with Gasteiger partial charge in [0, 0.05) is 11.7 Å². The van der Waals surface area contributed by atoms with E-state index in [2.05, 4.69) is 19.2 Å². The molecule has 0 spiro atoms. The second-order valence-electron chi connectivity index (χ2n) is 5.49. The standard InChI is InChI=1S/C16H24N2O3/c1-5-12(4)18(10-15(19)20)16(21)17-14-8-6-13(7-9-14)11(2)3/h6-9,11-12H,5,10H2,1-4H3,(H,17,21)(H,19,20). The second kappa shape index (κ2) is 7.67. The van der Waals surface area contributed by atoms with Crippen molar-refractivity contribution in [1.82, 2.24) is 4.90 Å². The third kappa shape index (κ3) is 5.10. The van der Waals surface area contributed by atoms with E-state index in [-0.39, 0.29) is 18.6 Å². The van der Waals surface area contributed by atoms with Gasteiger partial charge in [-0.15, -0.1) is 0 Å². The number of carbonyl (C=O) groups excluding carboxylic acids is 1. The first-order valence-corrected chi connectivity index (χ1v) is 7.24. The molecule has 0 bridgehead atoms. The Morgan fingerprint density at radius 2 is 1.76 bits per heavy atom. The predicted molar refractivity (Wildman–Crippen MR) is 83.6 cm³/mol. The van der Waals surface area contributed by atoms with Gasteiger partial charge in [-0.3, -0.25) is 4.79 Å². The monoisotopic (exact) mass is 292 g/mol. The molecule has 0 saturated carbocycles. The van der Waals surface area contributed by atoms with Crippen LogP contribution in [0.5, 0.6) is 0 Å². The van der Waals surface area contributed by atoms with E-state index >= 15 is 0 Å². The fraction of sp³-hybridized carbons (Fsp3) is 0.500. The summed E-state index contributed by atoms with van der Waals surface area (Å²) in [5.41, 5.74) is 1.86. The number of hydrogen-bond donors (Lipinski definition) is 2. The van der Waals surface area contributed by atoms with Crippen LogP contribution in [0.2, 0.25) is 0 Å². The summed E-state index contributed by atoms with van der Waals surface area (Å²) in [5.74, 6) is -0.584. The highest BCUT2D eigenvalue weighted by atomic mass is 16.4. The van der Waals surface area contributed by atoms with Gasteiger partial charge in [0.2, 0.25) is 0 Å². The number of benzene rings is 1. The Balaban J connectivity index is 2.78. The van der Waals surface area contributed by atoms with Gasteiger partial charge < -0.3 is 15.3 Å². The predicted octanol–water partition coefficient (Wildman–Crippen LogP) is 3.53. The normalized spacial score (nSPS) is 12.0. The third-order valence-corrected chi connectivity index (χ3v) is 3.52. The summed E-state index contributed by atoms with van der Waals surface area (Å²) in [7, 11) is 0. The maximum atomic E-state index is 12.2.